The second-order valence-electron chi connectivity index (χ2n) is 4.37. The molecule has 2 aromatic rings. The van der Waals surface area contributed by atoms with E-state index >= 15 is 0 Å². The predicted octanol–water partition coefficient (Wildman–Crippen LogP) is 2.16. The number of nitrogens with zero attached hydrogens (tertiary/aromatic N) is 3. The summed E-state index contributed by atoms with van der Waals surface area (Å²) in [7, 11) is 1.78. The first-order valence-electron chi connectivity index (χ1n) is 5.90. The first kappa shape index (κ1) is 12.4. The van der Waals surface area contributed by atoms with Crippen molar-refractivity contribution in [1.29, 1.82) is 0 Å². The Kier molecular flexibility index (Phi) is 3.46. The van der Waals surface area contributed by atoms with Gasteiger partial charge < -0.3 is 4.90 Å². The van der Waals surface area contributed by atoms with Gasteiger partial charge in [0.1, 0.15) is 6.54 Å². The summed E-state index contributed by atoms with van der Waals surface area (Å²) in [4.78, 5) is 13.8. The molecule has 94 valence electrons. The van der Waals surface area contributed by atoms with Crippen molar-refractivity contribution in [2.24, 2.45) is 0 Å². The van der Waals surface area contributed by atoms with Gasteiger partial charge in [-0.05, 0) is 32.0 Å². The highest BCUT2D eigenvalue weighted by Gasteiger charge is 2.12. The average molecular weight is 243 g/mol. The summed E-state index contributed by atoms with van der Waals surface area (Å²) >= 11 is 0. The number of carbonyl (C=O) groups excluding carboxylic acids is 1. The number of anilines is 1. The summed E-state index contributed by atoms with van der Waals surface area (Å²) in [6.45, 7) is 4.15. The minimum absolute atomic E-state index is 0.0207. The quantitative estimate of drug-likeness (QED) is 0.828. The maximum absolute atomic E-state index is 12.1. The molecule has 2 rings (SSSR count). The minimum Gasteiger partial charge on any atom is -0.314 e. The molecule has 1 aromatic heterocycles. The maximum Gasteiger partial charge on any atom is 0.248 e. The van der Waals surface area contributed by atoms with Crippen LogP contribution in [0, 0.1) is 13.8 Å². The highest BCUT2D eigenvalue weighted by molar-refractivity contribution is 5.92. The predicted molar refractivity (Wildman–Crippen MR) is 71.6 cm³/mol. The molecule has 0 aliphatic heterocycles. The molecule has 0 unspecified atom stereocenters. The highest BCUT2D eigenvalue weighted by atomic mass is 16.2. The lowest BCUT2D eigenvalue weighted by atomic mass is 10.3. The monoisotopic (exact) mass is 243 g/mol. The zero-order valence-corrected chi connectivity index (χ0v) is 10.9. The number of aryl methyl sites for hydroxylation is 2. The average Bonchev–Trinajstić information content (AvgIpc) is 2.68. The van der Waals surface area contributed by atoms with Gasteiger partial charge in [-0.3, -0.25) is 9.48 Å². The van der Waals surface area contributed by atoms with Crippen LogP contribution in [0.3, 0.4) is 0 Å². The molecule has 4 heteroatoms. The molecule has 0 aliphatic rings. The summed E-state index contributed by atoms with van der Waals surface area (Å²) in [5.74, 6) is 0.0207. The number of carbonyl (C=O) groups is 1. The normalized spacial score (nSPS) is 10.4. The molecule has 0 radical (unpaired) electrons. The van der Waals surface area contributed by atoms with E-state index in [1.807, 2.05) is 50.2 Å². The topological polar surface area (TPSA) is 38.1 Å². The number of aromatic nitrogens is 2. The van der Waals surface area contributed by atoms with E-state index in [0.29, 0.717) is 0 Å². The molecule has 1 amide bonds. The maximum atomic E-state index is 12.1. The fourth-order valence-corrected chi connectivity index (χ4v) is 1.86. The van der Waals surface area contributed by atoms with Crippen molar-refractivity contribution >= 4 is 11.6 Å². The van der Waals surface area contributed by atoms with Gasteiger partial charge in [0.2, 0.25) is 5.91 Å². The second kappa shape index (κ2) is 5.04. The number of rotatable bonds is 3. The van der Waals surface area contributed by atoms with E-state index in [9.17, 15) is 4.79 Å². The molecule has 0 aliphatic carbocycles. The molecule has 18 heavy (non-hydrogen) atoms. The Bertz CT molecular complexity index is 545. The van der Waals surface area contributed by atoms with Gasteiger partial charge in [0.05, 0.1) is 5.69 Å². The first-order valence-corrected chi connectivity index (χ1v) is 5.90. The van der Waals surface area contributed by atoms with Crippen molar-refractivity contribution in [3.63, 3.8) is 0 Å². The third kappa shape index (κ3) is 2.59. The molecule has 0 spiro atoms. The van der Waals surface area contributed by atoms with E-state index in [1.165, 1.54) is 0 Å². The SMILES string of the molecule is Cc1cc(C)n(CC(=O)N(C)c2ccccc2)n1. The first-order chi connectivity index (χ1) is 8.58. The smallest absolute Gasteiger partial charge is 0.248 e. The van der Waals surface area contributed by atoms with E-state index in [-0.39, 0.29) is 12.5 Å². The van der Waals surface area contributed by atoms with E-state index in [0.717, 1.165) is 17.1 Å². The number of benzene rings is 1. The van der Waals surface area contributed by atoms with Gasteiger partial charge in [0, 0.05) is 18.4 Å². The molecule has 0 N–H and O–H groups in total. The molecule has 0 saturated carbocycles. The second-order valence-corrected chi connectivity index (χ2v) is 4.37. The van der Waals surface area contributed by atoms with Crippen molar-refractivity contribution in [2.45, 2.75) is 20.4 Å². The van der Waals surface area contributed by atoms with Crippen molar-refractivity contribution in [3.05, 3.63) is 47.8 Å². The van der Waals surface area contributed by atoms with Crippen molar-refractivity contribution in [2.75, 3.05) is 11.9 Å². The van der Waals surface area contributed by atoms with Crippen LogP contribution in [0.4, 0.5) is 5.69 Å². The third-order valence-corrected chi connectivity index (χ3v) is 2.91. The van der Waals surface area contributed by atoms with E-state index in [4.69, 9.17) is 0 Å². The summed E-state index contributed by atoms with van der Waals surface area (Å²) in [5.41, 5.74) is 2.83. The summed E-state index contributed by atoms with van der Waals surface area (Å²) in [6.07, 6.45) is 0. The minimum atomic E-state index is 0.0207. The number of amides is 1. The highest BCUT2D eigenvalue weighted by Crippen LogP contribution is 2.12. The lowest BCUT2D eigenvalue weighted by molar-refractivity contribution is -0.119. The fourth-order valence-electron chi connectivity index (χ4n) is 1.86. The number of hydrogen-bond acceptors (Lipinski definition) is 2. The molecular weight excluding hydrogens is 226 g/mol. The van der Waals surface area contributed by atoms with Crippen LogP contribution in [0.2, 0.25) is 0 Å². The summed E-state index contributed by atoms with van der Waals surface area (Å²) in [6, 6.07) is 11.6. The van der Waals surface area contributed by atoms with Crippen molar-refractivity contribution in [1.82, 2.24) is 9.78 Å². The van der Waals surface area contributed by atoms with Crippen molar-refractivity contribution in [3.8, 4) is 0 Å². The molecule has 4 nitrogen and oxygen atoms in total. The van der Waals surface area contributed by atoms with Gasteiger partial charge >= 0.3 is 0 Å². The Morgan fingerprint density at radius 2 is 1.94 bits per heavy atom. The molecular formula is C14H17N3O. The number of para-hydroxylation sites is 1. The van der Waals surface area contributed by atoms with Crippen molar-refractivity contribution < 1.29 is 4.79 Å². The van der Waals surface area contributed by atoms with Crippen LogP contribution in [-0.2, 0) is 11.3 Å². The van der Waals surface area contributed by atoms with Gasteiger partial charge in [-0.15, -0.1) is 0 Å². The summed E-state index contributed by atoms with van der Waals surface area (Å²) in [5, 5.41) is 4.30. The van der Waals surface area contributed by atoms with Crippen LogP contribution in [0.5, 0.6) is 0 Å². The Morgan fingerprint density at radius 1 is 1.28 bits per heavy atom. The molecule has 1 heterocycles. The van der Waals surface area contributed by atoms with Gasteiger partial charge in [-0.2, -0.15) is 5.10 Å². The Balaban J connectivity index is 2.11. The standard InChI is InChI=1S/C14H17N3O/c1-11-9-12(2)17(15-11)10-14(18)16(3)13-7-5-4-6-8-13/h4-9H,10H2,1-3H3. The molecule has 0 atom stereocenters. The van der Waals surface area contributed by atoms with E-state index in [2.05, 4.69) is 5.10 Å². The Labute approximate surface area is 107 Å². The molecule has 1 aromatic carbocycles. The lowest BCUT2D eigenvalue weighted by Gasteiger charge is -2.17. The number of likely N-dealkylation sites (N-methyl/N-ethyl adjacent to an activating group) is 1. The van der Waals surface area contributed by atoms with Crippen LogP contribution < -0.4 is 4.90 Å². The van der Waals surface area contributed by atoms with E-state index in [1.54, 1.807) is 16.6 Å². The zero-order valence-electron chi connectivity index (χ0n) is 10.9. The third-order valence-electron chi connectivity index (χ3n) is 2.91. The van der Waals surface area contributed by atoms with Crippen LogP contribution in [0.15, 0.2) is 36.4 Å². The fraction of sp³-hybridized carbons (Fsp3) is 0.286. The van der Waals surface area contributed by atoms with Crippen LogP contribution in [0.1, 0.15) is 11.4 Å². The Hall–Kier alpha value is -2.10. The Morgan fingerprint density at radius 3 is 2.50 bits per heavy atom. The lowest BCUT2D eigenvalue weighted by Crippen LogP contribution is -2.30. The molecule has 0 saturated heterocycles. The van der Waals surface area contributed by atoms with Crippen LogP contribution in [0.25, 0.3) is 0 Å². The van der Waals surface area contributed by atoms with E-state index < -0.39 is 0 Å². The zero-order chi connectivity index (χ0) is 13.1. The van der Waals surface area contributed by atoms with Gasteiger partial charge in [0.25, 0.3) is 0 Å². The van der Waals surface area contributed by atoms with Crippen LogP contribution in [-0.4, -0.2) is 22.7 Å². The molecule has 0 fully saturated rings. The largest absolute Gasteiger partial charge is 0.314 e. The summed E-state index contributed by atoms with van der Waals surface area (Å²) < 4.78 is 1.73. The van der Waals surface area contributed by atoms with Crippen LogP contribution >= 0.6 is 0 Å². The number of hydrogen-bond donors (Lipinski definition) is 0. The molecule has 0 bridgehead atoms. The van der Waals surface area contributed by atoms with Gasteiger partial charge in [-0.1, -0.05) is 18.2 Å². The van der Waals surface area contributed by atoms with Gasteiger partial charge in [-0.25, -0.2) is 0 Å². The van der Waals surface area contributed by atoms with Gasteiger partial charge in [0.15, 0.2) is 0 Å².